The standard InChI is InChI=1S/C24H27N5O/c1-20-6-5-9-22(16-20)17-27-12-14-28(15-13-27)24(30)11-10-23-19-29(26-25-23)18-21-7-3-2-4-8-21/h2-11,16,19H,12-15,17-18H2,1H3/p+1/b11-10+. The minimum Gasteiger partial charge on any atom is -0.328 e. The first kappa shape index (κ1) is 20.0. The molecule has 1 saturated heterocycles. The maximum Gasteiger partial charge on any atom is 0.247 e. The highest BCUT2D eigenvalue weighted by Gasteiger charge is 2.22. The van der Waals surface area contributed by atoms with E-state index in [0.29, 0.717) is 12.2 Å². The van der Waals surface area contributed by atoms with Gasteiger partial charge in [-0.05, 0) is 18.6 Å². The van der Waals surface area contributed by atoms with Crippen molar-refractivity contribution < 1.29 is 9.69 Å². The Labute approximate surface area is 177 Å². The summed E-state index contributed by atoms with van der Waals surface area (Å²) in [5.74, 6) is 0.0437. The summed E-state index contributed by atoms with van der Waals surface area (Å²) in [7, 11) is 0. The zero-order valence-corrected chi connectivity index (χ0v) is 17.4. The third-order valence-corrected chi connectivity index (χ3v) is 5.46. The number of carbonyl (C=O) groups excluding carboxylic acids is 1. The van der Waals surface area contributed by atoms with Gasteiger partial charge in [-0.2, -0.15) is 0 Å². The Balaban J connectivity index is 1.26. The molecular formula is C24H28N5O+. The molecule has 1 N–H and O–H groups in total. The summed E-state index contributed by atoms with van der Waals surface area (Å²) >= 11 is 0. The number of nitrogens with zero attached hydrogens (tertiary/aromatic N) is 4. The first-order valence-corrected chi connectivity index (χ1v) is 10.5. The number of benzene rings is 2. The summed E-state index contributed by atoms with van der Waals surface area (Å²) in [5, 5.41) is 8.29. The van der Waals surface area contributed by atoms with Crippen molar-refractivity contribution in [1.82, 2.24) is 19.9 Å². The Morgan fingerprint density at radius 3 is 2.60 bits per heavy atom. The lowest BCUT2D eigenvalue weighted by Gasteiger charge is -2.31. The van der Waals surface area contributed by atoms with Gasteiger partial charge in [0.15, 0.2) is 0 Å². The third kappa shape index (κ3) is 5.42. The zero-order chi connectivity index (χ0) is 20.8. The summed E-state index contributed by atoms with van der Waals surface area (Å²) in [4.78, 5) is 16.0. The van der Waals surface area contributed by atoms with Crippen LogP contribution in [0.15, 0.2) is 66.9 Å². The number of hydrogen-bond acceptors (Lipinski definition) is 3. The monoisotopic (exact) mass is 402 g/mol. The largest absolute Gasteiger partial charge is 0.328 e. The number of carbonyl (C=O) groups is 1. The molecule has 30 heavy (non-hydrogen) atoms. The molecule has 2 heterocycles. The van der Waals surface area contributed by atoms with Crippen molar-refractivity contribution in [3.8, 4) is 0 Å². The van der Waals surface area contributed by atoms with Gasteiger partial charge >= 0.3 is 0 Å². The van der Waals surface area contributed by atoms with Crippen LogP contribution in [0.25, 0.3) is 6.08 Å². The number of nitrogens with one attached hydrogen (secondary N) is 1. The second-order valence-corrected chi connectivity index (χ2v) is 7.90. The highest BCUT2D eigenvalue weighted by atomic mass is 16.2. The predicted octanol–water partition coefficient (Wildman–Crippen LogP) is 1.58. The first-order chi connectivity index (χ1) is 14.7. The second-order valence-electron chi connectivity index (χ2n) is 7.90. The number of rotatable bonds is 6. The molecule has 1 aliphatic rings. The van der Waals surface area contributed by atoms with Crippen LogP contribution in [0.2, 0.25) is 0 Å². The van der Waals surface area contributed by atoms with E-state index in [2.05, 4.69) is 53.6 Å². The molecule has 0 bridgehead atoms. The summed E-state index contributed by atoms with van der Waals surface area (Å²) in [6.07, 6.45) is 5.23. The fourth-order valence-corrected chi connectivity index (χ4v) is 3.83. The van der Waals surface area contributed by atoms with E-state index < -0.39 is 0 Å². The average molecular weight is 403 g/mol. The molecule has 6 nitrogen and oxygen atoms in total. The maximum atomic E-state index is 12.6. The SMILES string of the molecule is Cc1cccc(C[NH+]2CCN(C(=O)/C=C/c3cn(Cc4ccccc4)nn3)CC2)c1. The van der Waals surface area contributed by atoms with Crippen molar-refractivity contribution in [3.63, 3.8) is 0 Å². The van der Waals surface area contributed by atoms with Crippen molar-refractivity contribution in [2.24, 2.45) is 0 Å². The molecule has 2 aromatic carbocycles. The van der Waals surface area contributed by atoms with Crippen LogP contribution in [0, 0.1) is 6.92 Å². The summed E-state index contributed by atoms with van der Waals surface area (Å²) < 4.78 is 1.78. The Bertz CT molecular complexity index is 1000. The topological polar surface area (TPSA) is 55.5 Å². The number of piperazine rings is 1. The minimum absolute atomic E-state index is 0.0437. The van der Waals surface area contributed by atoms with Crippen LogP contribution in [-0.4, -0.2) is 52.0 Å². The van der Waals surface area contributed by atoms with Crippen LogP contribution in [0.5, 0.6) is 0 Å². The fraction of sp³-hybridized carbons (Fsp3) is 0.292. The Morgan fingerprint density at radius 1 is 1.07 bits per heavy atom. The average Bonchev–Trinajstić information content (AvgIpc) is 3.20. The van der Waals surface area contributed by atoms with Gasteiger partial charge in [-0.25, -0.2) is 4.68 Å². The summed E-state index contributed by atoms with van der Waals surface area (Å²) in [6, 6.07) is 18.8. The first-order valence-electron chi connectivity index (χ1n) is 10.5. The molecule has 154 valence electrons. The lowest BCUT2D eigenvalue weighted by atomic mass is 10.1. The Kier molecular flexibility index (Phi) is 6.35. The number of aromatic nitrogens is 3. The Morgan fingerprint density at radius 2 is 1.83 bits per heavy atom. The van der Waals surface area contributed by atoms with E-state index >= 15 is 0 Å². The highest BCUT2D eigenvalue weighted by molar-refractivity contribution is 5.91. The molecule has 0 aliphatic carbocycles. The van der Waals surface area contributed by atoms with Gasteiger partial charge in [-0.3, -0.25) is 4.79 Å². The van der Waals surface area contributed by atoms with E-state index in [1.165, 1.54) is 21.6 Å². The van der Waals surface area contributed by atoms with Gasteiger partial charge < -0.3 is 9.80 Å². The van der Waals surface area contributed by atoms with Gasteiger partial charge in [0.1, 0.15) is 12.2 Å². The van der Waals surface area contributed by atoms with Gasteiger partial charge in [0.05, 0.1) is 38.9 Å². The van der Waals surface area contributed by atoms with Crippen molar-refractivity contribution in [3.05, 3.63) is 89.3 Å². The molecule has 3 aromatic rings. The van der Waals surface area contributed by atoms with Crippen LogP contribution in [0.4, 0.5) is 0 Å². The smallest absolute Gasteiger partial charge is 0.247 e. The van der Waals surface area contributed by atoms with Crippen LogP contribution in [0.3, 0.4) is 0 Å². The van der Waals surface area contributed by atoms with Crippen LogP contribution in [-0.2, 0) is 17.9 Å². The van der Waals surface area contributed by atoms with Crippen molar-refractivity contribution in [2.45, 2.75) is 20.0 Å². The summed E-state index contributed by atoms with van der Waals surface area (Å²) in [5.41, 5.74) is 4.53. The predicted molar refractivity (Wildman–Crippen MR) is 117 cm³/mol. The maximum absolute atomic E-state index is 12.6. The number of hydrogen-bond donors (Lipinski definition) is 1. The number of aryl methyl sites for hydroxylation is 1. The normalized spacial score (nSPS) is 15.0. The van der Waals surface area contributed by atoms with Gasteiger partial charge in [-0.15, -0.1) is 5.10 Å². The van der Waals surface area contributed by atoms with E-state index in [4.69, 9.17) is 0 Å². The van der Waals surface area contributed by atoms with Crippen molar-refractivity contribution in [2.75, 3.05) is 26.2 Å². The number of amides is 1. The molecule has 1 aliphatic heterocycles. The van der Waals surface area contributed by atoms with E-state index in [0.717, 1.165) is 32.7 Å². The molecule has 0 spiro atoms. The van der Waals surface area contributed by atoms with Crippen LogP contribution in [0.1, 0.15) is 22.4 Å². The van der Waals surface area contributed by atoms with Crippen LogP contribution < -0.4 is 4.90 Å². The minimum atomic E-state index is 0.0437. The lowest BCUT2D eigenvalue weighted by Crippen LogP contribution is -3.13. The second kappa shape index (κ2) is 9.50. The van der Waals surface area contributed by atoms with E-state index in [-0.39, 0.29) is 5.91 Å². The highest BCUT2D eigenvalue weighted by Crippen LogP contribution is 2.05. The molecule has 1 fully saturated rings. The molecule has 0 radical (unpaired) electrons. The van der Waals surface area contributed by atoms with Gasteiger partial charge in [0.25, 0.3) is 0 Å². The molecule has 0 unspecified atom stereocenters. The molecule has 0 atom stereocenters. The van der Waals surface area contributed by atoms with E-state index in [1.54, 1.807) is 16.8 Å². The summed E-state index contributed by atoms with van der Waals surface area (Å²) in [6.45, 7) is 7.32. The van der Waals surface area contributed by atoms with Gasteiger partial charge in [0.2, 0.25) is 5.91 Å². The lowest BCUT2D eigenvalue weighted by molar-refractivity contribution is -0.917. The molecule has 6 heteroatoms. The van der Waals surface area contributed by atoms with Crippen molar-refractivity contribution in [1.29, 1.82) is 0 Å². The zero-order valence-electron chi connectivity index (χ0n) is 17.4. The molecule has 0 saturated carbocycles. The van der Waals surface area contributed by atoms with E-state index in [9.17, 15) is 4.79 Å². The number of quaternary nitrogens is 1. The molecule has 1 aromatic heterocycles. The van der Waals surface area contributed by atoms with Crippen LogP contribution >= 0.6 is 0 Å². The van der Waals surface area contributed by atoms with Gasteiger partial charge in [-0.1, -0.05) is 65.4 Å². The van der Waals surface area contributed by atoms with Crippen molar-refractivity contribution >= 4 is 12.0 Å². The molecule has 4 rings (SSSR count). The van der Waals surface area contributed by atoms with Gasteiger partial charge in [0, 0.05) is 11.6 Å². The molecule has 1 amide bonds. The third-order valence-electron chi connectivity index (χ3n) is 5.46. The fourth-order valence-electron chi connectivity index (χ4n) is 3.83. The molecular weight excluding hydrogens is 374 g/mol. The Hall–Kier alpha value is -3.25. The quantitative estimate of drug-likeness (QED) is 0.637. The van der Waals surface area contributed by atoms with E-state index in [1.807, 2.05) is 29.3 Å².